The van der Waals surface area contributed by atoms with Crippen LogP contribution in [0.1, 0.15) is 72.1 Å². The van der Waals surface area contributed by atoms with Gasteiger partial charge in [0.2, 0.25) is 0 Å². The topological polar surface area (TPSA) is 101 Å². The van der Waals surface area contributed by atoms with E-state index in [1.807, 2.05) is 13.8 Å². The van der Waals surface area contributed by atoms with Crippen LogP contribution in [0.15, 0.2) is 0 Å². The molecule has 4 N–H and O–H groups in total. The second-order valence-corrected chi connectivity index (χ2v) is 6.36. The highest BCUT2D eigenvalue weighted by atomic mass is 16.4. The van der Waals surface area contributed by atoms with E-state index >= 15 is 0 Å². The van der Waals surface area contributed by atoms with E-state index < -0.39 is 23.4 Å². The Bertz CT molecular complexity index is 330. The second kappa shape index (κ2) is 9.90. The molecule has 0 aromatic rings. The summed E-state index contributed by atoms with van der Waals surface area (Å²) in [6, 6.07) is 0. The molecule has 0 fully saturated rings. The van der Waals surface area contributed by atoms with Crippen molar-refractivity contribution in [2.75, 3.05) is 0 Å². The molecule has 0 bridgehead atoms. The number of aliphatic hydroxyl groups excluding tert-OH is 1. The van der Waals surface area contributed by atoms with Crippen molar-refractivity contribution >= 4 is 11.8 Å². The van der Waals surface area contributed by atoms with E-state index in [0.29, 0.717) is 6.42 Å². The number of Topliss-reactive ketones (excluding diaryl/α,β-unsaturated/α-hetero) is 1. The lowest BCUT2D eigenvalue weighted by Gasteiger charge is -2.26. The average Bonchev–Trinajstić information content (AvgIpc) is 2.37. The minimum atomic E-state index is -1.88. The van der Waals surface area contributed by atoms with E-state index in [1.54, 1.807) is 0 Å². The molecule has 0 aliphatic heterocycles. The SMILES string of the molecule is CCCCCCCC(O)CC(=O)[C@](N)(CC(C)C)C(=O)O. The van der Waals surface area contributed by atoms with Crippen molar-refractivity contribution in [3.05, 3.63) is 0 Å². The number of carboxylic acids is 1. The molecule has 21 heavy (non-hydrogen) atoms. The summed E-state index contributed by atoms with van der Waals surface area (Å²) in [6.45, 7) is 5.78. The van der Waals surface area contributed by atoms with Gasteiger partial charge in [-0.05, 0) is 18.8 Å². The lowest BCUT2D eigenvalue weighted by Crippen LogP contribution is -2.56. The van der Waals surface area contributed by atoms with E-state index in [2.05, 4.69) is 6.92 Å². The van der Waals surface area contributed by atoms with Gasteiger partial charge in [0.05, 0.1) is 6.10 Å². The molecular formula is C16H31NO4. The van der Waals surface area contributed by atoms with Crippen LogP contribution in [0, 0.1) is 5.92 Å². The van der Waals surface area contributed by atoms with Crippen molar-refractivity contribution in [3.63, 3.8) is 0 Å². The lowest BCUT2D eigenvalue weighted by atomic mass is 9.83. The first kappa shape index (κ1) is 20.1. The number of carboxylic acid groups (broad SMARTS) is 1. The molecule has 0 radical (unpaired) electrons. The van der Waals surface area contributed by atoms with Crippen LogP contribution in [0.25, 0.3) is 0 Å². The van der Waals surface area contributed by atoms with Gasteiger partial charge >= 0.3 is 5.97 Å². The minimum absolute atomic E-state index is 0.00115. The fourth-order valence-electron chi connectivity index (χ4n) is 2.45. The van der Waals surface area contributed by atoms with Crippen LogP contribution in [-0.4, -0.2) is 33.6 Å². The summed E-state index contributed by atoms with van der Waals surface area (Å²) in [4.78, 5) is 23.4. The molecule has 0 aliphatic rings. The molecule has 0 saturated heterocycles. The number of hydrogen-bond acceptors (Lipinski definition) is 4. The molecule has 0 heterocycles. The minimum Gasteiger partial charge on any atom is -0.480 e. The Morgan fingerprint density at radius 2 is 1.71 bits per heavy atom. The molecule has 5 nitrogen and oxygen atoms in total. The van der Waals surface area contributed by atoms with Gasteiger partial charge in [-0.2, -0.15) is 0 Å². The van der Waals surface area contributed by atoms with Gasteiger partial charge in [0.1, 0.15) is 0 Å². The molecule has 0 aromatic carbocycles. The summed E-state index contributed by atoms with van der Waals surface area (Å²) in [5.41, 5.74) is 3.89. The second-order valence-electron chi connectivity index (χ2n) is 6.36. The van der Waals surface area contributed by atoms with Gasteiger partial charge < -0.3 is 15.9 Å². The van der Waals surface area contributed by atoms with Gasteiger partial charge in [-0.1, -0.05) is 52.9 Å². The standard InChI is InChI=1S/C16H31NO4/c1-4-5-6-7-8-9-13(18)10-14(19)16(17,15(20)21)11-12(2)3/h12-13,18H,4-11,17H2,1-3H3,(H,20,21)/t13?,16-/m1/s1. The number of nitrogens with two attached hydrogens (primary N) is 1. The lowest BCUT2D eigenvalue weighted by molar-refractivity contribution is -0.149. The number of carbonyl (C=O) groups is 2. The van der Waals surface area contributed by atoms with Crippen LogP contribution in [0.5, 0.6) is 0 Å². The van der Waals surface area contributed by atoms with Crippen LogP contribution in [0.4, 0.5) is 0 Å². The smallest absolute Gasteiger partial charge is 0.331 e. The van der Waals surface area contributed by atoms with Gasteiger partial charge in [0, 0.05) is 6.42 Å². The highest BCUT2D eigenvalue weighted by Gasteiger charge is 2.42. The highest BCUT2D eigenvalue weighted by Crippen LogP contribution is 2.20. The number of ketones is 1. The Morgan fingerprint density at radius 1 is 1.14 bits per heavy atom. The molecule has 1 unspecified atom stereocenters. The third-order valence-electron chi connectivity index (χ3n) is 3.67. The zero-order valence-electron chi connectivity index (χ0n) is 13.6. The predicted molar refractivity (Wildman–Crippen MR) is 83.0 cm³/mol. The Labute approximate surface area is 127 Å². The van der Waals surface area contributed by atoms with Gasteiger partial charge in [-0.25, -0.2) is 4.79 Å². The maximum absolute atomic E-state index is 12.1. The first-order valence-electron chi connectivity index (χ1n) is 7.97. The van der Waals surface area contributed by atoms with Crippen LogP contribution in [0.3, 0.4) is 0 Å². The van der Waals surface area contributed by atoms with E-state index in [-0.39, 0.29) is 18.8 Å². The molecule has 5 heteroatoms. The normalized spacial score (nSPS) is 15.7. The maximum Gasteiger partial charge on any atom is 0.331 e. The molecular weight excluding hydrogens is 270 g/mol. The van der Waals surface area contributed by atoms with Crippen molar-refractivity contribution in [2.45, 2.75) is 83.8 Å². The highest BCUT2D eigenvalue weighted by molar-refractivity contribution is 6.07. The molecule has 0 saturated carbocycles. The van der Waals surface area contributed by atoms with Crippen molar-refractivity contribution in [1.29, 1.82) is 0 Å². The van der Waals surface area contributed by atoms with Crippen LogP contribution >= 0.6 is 0 Å². The number of unbranched alkanes of at least 4 members (excludes halogenated alkanes) is 4. The molecule has 0 amide bonds. The Balaban J connectivity index is 4.32. The quantitative estimate of drug-likeness (QED) is 0.380. The van der Waals surface area contributed by atoms with E-state index in [4.69, 9.17) is 5.73 Å². The third-order valence-corrected chi connectivity index (χ3v) is 3.67. The predicted octanol–water partition coefficient (Wildman–Crippen LogP) is 2.50. The summed E-state index contributed by atoms with van der Waals surface area (Å²) < 4.78 is 0. The Hall–Kier alpha value is -0.940. The number of hydrogen-bond donors (Lipinski definition) is 3. The van der Waals surface area contributed by atoms with Crippen LogP contribution in [0.2, 0.25) is 0 Å². The summed E-state index contributed by atoms with van der Waals surface area (Å²) in [5, 5.41) is 19.1. The number of aliphatic carboxylic acids is 1. The van der Waals surface area contributed by atoms with Crippen molar-refractivity contribution in [2.24, 2.45) is 11.7 Å². The first-order valence-corrected chi connectivity index (χ1v) is 7.97. The van der Waals surface area contributed by atoms with Gasteiger partial charge in [-0.15, -0.1) is 0 Å². The van der Waals surface area contributed by atoms with E-state index in [9.17, 15) is 19.8 Å². The number of aliphatic hydroxyl groups is 1. The summed E-state index contributed by atoms with van der Waals surface area (Å²) in [7, 11) is 0. The molecule has 124 valence electrons. The van der Waals surface area contributed by atoms with Crippen molar-refractivity contribution in [1.82, 2.24) is 0 Å². The Kier molecular flexibility index (Phi) is 9.46. The molecule has 0 aromatic heterocycles. The average molecular weight is 301 g/mol. The third kappa shape index (κ3) is 7.58. The summed E-state index contributed by atoms with van der Waals surface area (Å²) in [6.07, 6.45) is 4.97. The van der Waals surface area contributed by atoms with E-state index in [0.717, 1.165) is 25.7 Å². The number of rotatable bonds is 12. The zero-order valence-corrected chi connectivity index (χ0v) is 13.6. The van der Waals surface area contributed by atoms with Gasteiger partial charge in [-0.3, -0.25) is 4.79 Å². The first-order chi connectivity index (χ1) is 9.74. The van der Waals surface area contributed by atoms with Crippen molar-refractivity contribution in [3.8, 4) is 0 Å². The molecule has 2 atom stereocenters. The fraction of sp³-hybridized carbons (Fsp3) is 0.875. The number of carbonyl (C=O) groups excluding carboxylic acids is 1. The molecule has 0 aliphatic carbocycles. The molecule has 0 rings (SSSR count). The van der Waals surface area contributed by atoms with E-state index in [1.165, 1.54) is 6.42 Å². The monoisotopic (exact) mass is 301 g/mol. The van der Waals surface area contributed by atoms with Crippen LogP contribution in [-0.2, 0) is 9.59 Å². The fourth-order valence-corrected chi connectivity index (χ4v) is 2.45. The Morgan fingerprint density at radius 3 is 2.19 bits per heavy atom. The summed E-state index contributed by atoms with van der Waals surface area (Å²) >= 11 is 0. The van der Waals surface area contributed by atoms with Gasteiger partial charge in [0.15, 0.2) is 11.3 Å². The largest absolute Gasteiger partial charge is 0.480 e. The zero-order chi connectivity index (χ0) is 16.5. The summed E-state index contributed by atoms with van der Waals surface area (Å²) in [5.74, 6) is -1.89. The van der Waals surface area contributed by atoms with Crippen molar-refractivity contribution < 1.29 is 19.8 Å². The van der Waals surface area contributed by atoms with Gasteiger partial charge in [0.25, 0.3) is 0 Å². The van der Waals surface area contributed by atoms with Crippen LogP contribution < -0.4 is 5.73 Å². The maximum atomic E-state index is 12.1. The molecule has 0 spiro atoms.